The Balaban J connectivity index is 1.34. The van der Waals surface area contributed by atoms with Gasteiger partial charge in [0, 0.05) is 35.8 Å². The van der Waals surface area contributed by atoms with E-state index in [0.717, 1.165) is 58.9 Å². The van der Waals surface area contributed by atoms with Crippen LogP contribution >= 0.6 is 0 Å². The first-order valence-electron chi connectivity index (χ1n) is 18.4. The summed E-state index contributed by atoms with van der Waals surface area (Å²) >= 11 is 0. The van der Waals surface area contributed by atoms with E-state index in [1.54, 1.807) is 6.07 Å². The number of rotatable bonds is 9. The number of hydrogen-bond donors (Lipinski definition) is 3. The monoisotopic (exact) mass is 753 g/mol. The highest BCUT2D eigenvalue weighted by atomic mass is 32.2. The summed E-state index contributed by atoms with van der Waals surface area (Å²) < 4.78 is 38.2. The highest BCUT2D eigenvalue weighted by Gasteiger charge is 2.37. The lowest BCUT2D eigenvalue weighted by molar-refractivity contribution is 0.0696. The van der Waals surface area contributed by atoms with E-state index in [1.807, 2.05) is 45.3 Å². The molecule has 0 aliphatic carbocycles. The van der Waals surface area contributed by atoms with Crippen LogP contribution in [0, 0.1) is 25.2 Å². The third-order valence-corrected chi connectivity index (χ3v) is 11.7. The SMILES string of the molecule is Cc1cccc(C)c1-c1cc(OC[C@@H]2N[C@H](c3cnc4cc(C(C)(C)C)n(C)c4n3)CCC[C@H]2C(C)(C)C)nc(NS(=O)(=O)c2cccc(C(=O)O)c2)n1. The number of fused-ring (bicyclic) bond motifs is 1. The predicted octanol–water partition coefficient (Wildman–Crippen LogP) is 7.76. The molecular weight excluding hydrogens is 703 g/mol. The van der Waals surface area contributed by atoms with Crippen molar-refractivity contribution in [2.45, 2.75) is 97.0 Å². The Morgan fingerprint density at radius 3 is 2.35 bits per heavy atom. The van der Waals surface area contributed by atoms with Crippen LogP contribution in [-0.4, -0.2) is 56.6 Å². The van der Waals surface area contributed by atoms with Crippen LogP contribution in [0.5, 0.6) is 5.88 Å². The number of aromatic carboxylic acids is 1. The first kappa shape index (κ1) is 38.8. The van der Waals surface area contributed by atoms with E-state index in [1.165, 1.54) is 23.9 Å². The molecule has 13 heteroatoms. The molecule has 3 N–H and O–H groups in total. The van der Waals surface area contributed by atoms with E-state index in [2.05, 4.69) is 72.2 Å². The minimum absolute atomic E-state index is 0.0499. The van der Waals surface area contributed by atoms with Gasteiger partial charge in [-0.3, -0.25) is 4.98 Å². The fourth-order valence-electron chi connectivity index (χ4n) is 7.66. The molecule has 1 aliphatic rings. The normalized spacial score (nSPS) is 18.4. The number of ether oxygens (including phenoxy) is 1. The number of sulfonamides is 1. The molecule has 1 fully saturated rings. The van der Waals surface area contributed by atoms with Crippen molar-refractivity contribution >= 4 is 33.1 Å². The van der Waals surface area contributed by atoms with Gasteiger partial charge in [0.15, 0.2) is 5.65 Å². The quantitative estimate of drug-likeness (QED) is 0.136. The first-order chi connectivity index (χ1) is 25.3. The molecule has 286 valence electrons. The number of carboxylic acid groups (broad SMARTS) is 1. The van der Waals surface area contributed by atoms with E-state index in [4.69, 9.17) is 14.7 Å². The van der Waals surface area contributed by atoms with E-state index in [0.29, 0.717) is 5.69 Å². The second-order valence-corrected chi connectivity index (χ2v) is 18.2. The minimum Gasteiger partial charge on any atom is -0.478 e. The molecule has 1 saturated heterocycles. The Morgan fingerprint density at radius 1 is 0.981 bits per heavy atom. The van der Waals surface area contributed by atoms with Gasteiger partial charge in [-0.15, -0.1) is 0 Å². The number of aromatic nitrogens is 5. The number of carbonyl (C=O) groups is 1. The Bertz CT molecular complexity index is 2290. The van der Waals surface area contributed by atoms with Gasteiger partial charge in [-0.25, -0.2) is 27.9 Å². The Labute approximate surface area is 317 Å². The van der Waals surface area contributed by atoms with E-state index in [9.17, 15) is 18.3 Å². The Kier molecular flexibility index (Phi) is 10.6. The maximum Gasteiger partial charge on any atom is 0.335 e. The minimum atomic E-state index is -4.26. The van der Waals surface area contributed by atoms with Gasteiger partial charge in [-0.2, -0.15) is 4.98 Å². The molecule has 0 spiro atoms. The molecule has 6 rings (SSSR count). The fraction of sp³-hybridized carbons (Fsp3) is 0.439. The van der Waals surface area contributed by atoms with Gasteiger partial charge in [0.1, 0.15) is 12.1 Å². The van der Waals surface area contributed by atoms with Gasteiger partial charge in [0.05, 0.1) is 34.1 Å². The predicted molar refractivity (Wildman–Crippen MR) is 210 cm³/mol. The number of aryl methyl sites for hydroxylation is 3. The second kappa shape index (κ2) is 14.7. The molecule has 3 aromatic heterocycles. The third-order valence-electron chi connectivity index (χ3n) is 10.4. The summed E-state index contributed by atoms with van der Waals surface area (Å²) in [6.45, 7) is 17.5. The summed E-state index contributed by atoms with van der Waals surface area (Å²) in [5.41, 5.74) is 6.76. The van der Waals surface area contributed by atoms with E-state index >= 15 is 0 Å². The van der Waals surface area contributed by atoms with Gasteiger partial charge in [-0.1, -0.05) is 72.2 Å². The maximum absolute atomic E-state index is 13.5. The standard InChI is InChI=1S/C41H51N7O5S/c1-24-13-10-14-25(2)36(24)30-21-35(46-39(45-30)47-54(51,52)27-16-11-15-26(19-27)38(49)50)53-23-33-28(40(3,4)5)17-12-18-29(43-33)32-22-42-31-20-34(41(6,7)8)48(9)37(31)44-32/h10-11,13-16,19-22,28-29,33,43H,12,17-18,23H2,1-9H3,(H,49,50)(H,45,46,47)/t28-,29+,33+/m1/s1. The van der Waals surface area contributed by atoms with Crippen molar-refractivity contribution in [3.05, 3.63) is 88.9 Å². The Hall–Kier alpha value is -4.88. The largest absolute Gasteiger partial charge is 0.478 e. The zero-order valence-corrected chi connectivity index (χ0v) is 33.4. The van der Waals surface area contributed by atoms with Crippen molar-refractivity contribution in [2.24, 2.45) is 18.4 Å². The highest BCUT2D eigenvalue weighted by molar-refractivity contribution is 7.92. The zero-order chi connectivity index (χ0) is 39.2. The average Bonchev–Trinajstić information content (AvgIpc) is 3.27. The van der Waals surface area contributed by atoms with Crippen LogP contribution in [0.3, 0.4) is 0 Å². The second-order valence-electron chi connectivity index (χ2n) is 16.5. The average molecular weight is 754 g/mol. The van der Waals surface area contributed by atoms with Crippen LogP contribution in [0.4, 0.5) is 5.95 Å². The van der Waals surface area contributed by atoms with Crippen LogP contribution in [0.1, 0.15) is 99.7 Å². The molecule has 0 saturated carbocycles. The molecule has 0 bridgehead atoms. The Morgan fingerprint density at radius 2 is 1.69 bits per heavy atom. The number of anilines is 1. The van der Waals surface area contributed by atoms with E-state index in [-0.39, 0.29) is 57.7 Å². The lowest BCUT2D eigenvalue weighted by Crippen LogP contribution is -2.46. The zero-order valence-electron chi connectivity index (χ0n) is 32.6. The number of nitrogens with zero attached hydrogens (tertiary/aromatic N) is 5. The van der Waals surface area contributed by atoms with Crippen molar-refractivity contribution in [1.29, 1.82) is 0 Å². The van der Waals surface area contributed by atoms with Crippen LogP contribution in [-0.2, 0) is 22.5 Å². The molecule has 54 heavy (non-hydrogen) atoms. The maximum atomic E-state index is 13.5. The van der Waals surface area contributed by atoms with Crippen LogP contribution < -0.4 is 14.8 Å². The lowest BCUT2D eigenvalue weighted by Gasteiger charge is -2.37. The van der Waals surface area contributed by atoms with Gasteiger partial charge in [0.25, 0.3) is 10.0 Å². The molecule has 12 nitrogen and oxygen atoms in total. The number of benzene rings is 2. The molecule has 4 heterocycles. The summed E-state index contributed by atoms with van der Waals surface area (Å²) in [7, 11) is -2.21. The first-order valence-corrected chi connectivity index (χ1v) is 19.8. The highest BCUT2D eigenvalue weighted by Crippen LogP contribution is 2.39. The van der Waals surface area contributed by atoms with Crippen molar-refractivity contribution < 1.29 is 23.1 Å². The molecule has 3 atom stereocenters. The van der Waals surface area contributed by atoms with Crippen LogP contribution in [0.25, 0.3) is 22.4 Å². The fourth-order valence-corrected chi connectivity index (χ4v) is 8.64. The summed E-state index contributed by atoms with van der Waals surface area (Å²) in [6, 6.07) is 14.7. The van der Waals surface area contributed by atoms with Crippen LogP contribution in [0.15, 0.2) is 65.7 Å². The topological polar surface area (TPSA) is 161 Å². The summed E-state index contributed by atoms with van der Waals surface area (Å²) in [6.07, 6.45) is 4.74. The van der Waals surface area contributed by atoms with Gasteiger partial charge in [0.2, 0.25) is 11.8 Å². The van der Waals surface area contributed by atoms with Crippen molar-refractivity contribution in [2.75, 3.05) is 11.3 Å². The molecule has 1 aliphatic heterocycles. The molecule has 0 radical (unpaired) electrons. The number of hydrogen-bond acceptors (Lipinski definition) is 9. The van der Waals surface area contributed by atoms with E-state index < -0.39 is 16.0 Å². The smallest absolute Gasteiger partial charge is 0.335 e. The van der Waals surface area contributed by atoms with Gasteiger partial charge >= 0.3 is 5.97 Å². The number of nitrogens with one attached hydrogen (secondary N) is 2. The lowest BCUT2D eigenvalue weighted by atomic mass is 9.74. The van der Waals surface area contributed by atoms with Gasteiger partial charge in [-0.05, 0) is 73.4 Å². The molecule has 2 aromatic carbocycles. The molecule has 0 amide bonds. The van der Waals surface area contributed by atoms with Crippen LogP contribution in [0.2, 0.25) is 0 Å². The third kappa shape index (κ3) is 8.27. The van der Waals surface area contributed by atoms with Crippen molar-refractivity contribution in [3.63, 3.8) is 0 Å². The molecule has 5 aromatic rings. The molecule has 0 unspecified atom stereocenters. The summed E-state index contributed by atoms with van der Waals surface area (Å²) in [4.78, 5) is 30.5. The van der Waals surface area contributed by atoms with Gasteiger partial charge < -0.3 is 19.7 Å². The summed E-state index contributed by atoms with van der Waals surface area (Å²) in [5, 5.41) is 13.4. The summed E-state index contributed by atoms with van der Waals surface area (Å²) in [5.74, 6) is -0.984. The number of carboxylic acids is 1. The molecular formula is C41H51N7O5S. The van der Waals surface area contributed by atoms with Crippen molar-refractivity contribution in [1.82, 2.24) is 29.8 Å². The van der Waals surface area contributed by atoms with Crippen molar-refractivity contribution in [3.8, 4) is 17.1 Å².